The molecule has 1 aliphatic carbocycles. The average molecular weight is 338 g/mol. The van der Waals surface area contributed by atoms with Gasteiger partial charge in [-0.1, -0.05) is 32.1 Å². The third-order valence-corrected chi connectivity index (χ3v) is 4.66. The van der Waals surface area contributed by atoms with E-state index in [4.69, 9.17) is 4.42 Å². The van der Waals surface area contributed by atoms with E-state index >= 15 is 0 Å². The van der Waals surface area contributed by atoms with Crippen LogP contribution in [0.4, 0.5) is 0 Å². The molecule has 3 aromatic rings. The van der Waals surface area contributed by atoms with E-state index in [1.807, 2.05) is 42.7 Å². The largest absolute Gasteiger partial charge is 0.423 e. The molecule has 0 spiro atoms. The fourth-order valence-corrected chi connectivity index (χ4v) is 3.36. The topological polar surface area (TPSA) is 65.8 Å². The highest BCUT2D eigenvalue weighted by molar-refractivity contribution is 5.80. The molecule has 0 N–H and O–H groups in total. The van der Waals surface area contributed by atoms with Crippen molar-refractivity contribution in [2.45, 2.75) is 52.0 Å². The molecule has 6 heteroatoms. The molecule has 0 saturated carbocycles. The number of rotatable bonds is 4. The molecule has 6 nitrogen and oxygen atoms in total. The van der Waals surface area contributed by atoms with Gasteiger partial charge in [-0.3, -0.25) is 9.13 Å². The maximum Gasteiger partial charge on any atom is 0.333 e. The third-order valence-electron chi connectivity index (χ3n) is 4.66. The Morgan fingerprint density at radius 1 is 1.16 bits per heavy atom. The quantitative estimate of drug-likeness (QED) is 0.726. The monoisotopic (exact) mass is 338 g/mol. The lowest BCUT2D eigenvalue weighted by atomic mass is 10.0. The number of imidazole rings is 1. The summed E-state index contributed by atoms with van der Waals surface area (Å²) in [7, 11) is 0. The average Bonchev–Trinajstić information content (AvgIpc) is 3.20. The van der Waals surface area contributed by atoms with Crippen LogP contribution in [0.1, 0.15) is 57.2 Å². The number of allylic oxidation sites excluding steroid dienone is 2. The van der Waals surface area contributed by atoms with Crippen LogP contribution in [0.3, 0.4) is 0 Å². The third kappa shape index (κ3) is 2.81. The van der Waals surface area contributed by atoms with Crippen molar-refractivity contribution in [2.24, 2.45) is 0 Å². The normalized spacial score (nSPS) is 15.1. The van der Waals surface area contributed by atoms with Crippen LogP contribution in [-0.2, 0) is 6.54 Å². The maximum atomic E-state index is 13.1. The molecule has 2 heterocycles. The Balaban J connectivity index is 1.82. The van der Waals surface area contributed by atoms with E-state index in [1.165, 1.54) is 6.42 Å². The highest BCUT2D eigenvalue weighted by Gasteiger charge is 2.19. The van der Waals surface area contributed by atoms with Crippen molar-refractivity contribution < 1.29 is 4.42 Å². The van der Waals surface area contributed by atoms with E-state index in [1.54, 1.807) is 4.57 Å². The van der Waals surface area contributed by atoms with Gasteiger partial charge in [0.2, 0.25) is 11.8 Å². The SMILES string of the molecule is CC(C)c1nnc(Cn2c(=O)n(C3=CCCCC3)c3ccccc32)o1. The predicted octanol–water partition coefficient (Wildman–Crippen LogP) is 3.77. The maximum absolute atomic E-state index is 13.1. The number of hydrogen-bond donors (Lipinski definition) is 0. The summed E-state index contributed by atoms with van der Waals surface area (Å²) in [6.07, 6.45) is 6.47. The fraction of sp³-hybridized carbons (Fsp3) is 0.421. The number of fused-ring (bicyclic) bond motifs is 1. The van der Waals surface area contributed by atoms with Crippen molar-refractivity contribution in [1.29, 1.82) is 0 Å². The molecule has 0 bridgehead atoms. The minimum absolute atomic E-state index is 0.0429. The molecule has 25 heavy (non-hydrogen) atoms. The van der Waals surface area contributed by atoms with Crippen LogP contribution < -0.4 is 5.69 Å². The van der Waals surface area contributed by atoms with Crippen molar-refractivity contribution in [3.8, 4) is 0 Å². The van der Waals surface area contributed by atoms with Crippen molar-refractivity contribution in [1.82, 2.24) is 19.3 Å². The number of hydrogen-bond acceptors (Lipinski definition) is 4. The lowest BCUT2D eigenvalue weighted by molar-refractivity contribution is 0.422. The molecule has 4 rings (SSSR count). The Kier molecular flexibility index (Phi) is 4.03. The van der Waals surface area contributed by atoms with E-state index < -0.39 is 0 Å². The Morgan fingerprint density at radius 3 is 2.64 bits per heavy atom. The van der Waals surface area contributed by atoms with Crippen LogP contribution in [-0.4, -0.2) is 19.3 Å². The molecular formula is C19H22N4O2. The zero-order valence-corrected chi connectivity index (χ0v) is 14.6. The number of nitrogens with zero attached hydrogens (tertiary/aromatic N) is 4. The summed E-state index contributed by atoms with van der Waals surface area (Å²) in [5.74, 6) is 1.24. The molecule has 0 amide bonds. The second-order valence-corrected chi connectivity index (χ2v) is 6.82. The summed E-state index contributed by atoms with van der Waals surface area (Å²) in [6.45, 7) is 4.30. The standard InChI is InChI=1S/C19H22N4O2/c1-13(2)18-21-20-17(25-18)12-22-15-10-6-7-11-16(15)23(19(22)24)14-8-4-3-5-9-14/h6-8,10-11,13H,3-5,9,12H2,1-2H3. The molecule has 0 radical (unpaired) electrons. The molecule has 1 aromatic carbocycles. The van der Waals surface area contributed by atoms with Gasteiger partial charge in [0.25, 0.3) is 0 Å². The summed E-state index contributed by atoms with van der Waals surface area (Å²) in [5, 5.41) is 8.17. The van der Waals surface area contributed by atoms with Gasteiger partial charge in [-0.05, 0) is 37.8 Å². The summed E-state index contributed by atoms with van der Waals surface area (Å²) < 4.78 is 9.27. The van der Waals surface area contributed by atoms with E-state index in [2.05, 4.69) is 16.3 Å². The van der Waals surface area contributed by atoms with Gasteiger partial charge in [-0.25, -0.2) is 4.79 Å². The predicted molar refractivity (Wildman–Crippen MR) is 96.4 cm³/mol. The molecule has 0 aliphatic heterocycles. The summed E-state index contributed by atoms with van der Waals surface area (Å²) >= 11 is 0. The Bertz CT molecular complexity index is 990. The van der Waals surface area contributed by atoms with Crippen molar-refractivity contribution >= 4 is 16.7 Å². The molecular weight excluding hydrogens is 316 g/mol. The Morgan fingerprint density at radius 2 is 1.96 bits per heavy atom. The van der Waals surface area contributed by atoms with Gasteiger partial charge >= 0.3 is 5.69 Å². The van der Waals surface area contributed by atoms with E-state index in [0.717, 1.165) is 36.0 Å². The van der Waals surface area contributed by atoms with Crippen LogP contribution in [0, 0.1) is 0 Å². The summed E-state index contributed by atoms with van der Waals surface area (Å²) in [4.78, 5) is 13.1. The highest BCUT2D eigenvalue weighted by atomic mass is 16.4. The fourth-order valence-electron chi connectivity index (χ4n) is 3.36. The molecule has 2 aromatic heterocycles. The molecule has 130 valence electrons. The van der Waals surface area contributed by atoms with Crippen LogP contribution in [0.5, 0.6) is 0 Å². The first-order valence-electron chi connectivity index (χ1n) is 8.87. The first-order valence-corrected chi connectivity index (χ1v) is 8.87. The van der Waals surface area contributed by atoms with E-state index in [0.29, 0.717) is 18.3 Å². The van der Waals surface area contributed by atoms with Crippen LogP contribution in [0.2, 0.25) is 0 Å². The summed E-state index contributed by atoms with van der Waals surface area (Å²) in [5.41, 5.74) is 2.88. The number of benzene rings is 1. The van der Waals surface area contributed by atoms with Crippen molar-refractivity contribution in [3.05, 3.63) is 52.6 Å². The lowest BCUT2D eigenvalue weighted by Crippen LogP contribution is -2.25. The molecule has 0 saturated heterocycles. The van der Waals surface area contributed by atoms with Crippen molar-refractivity contribution in [2.75, 3.05) is 0 Å². The minimum Gasteiger partial charge on any atom is -0.423 e. The first-order chi connectivity index (χ1) is 12.1. The highest BCUT2D eigenvalue weighted by Crippen LogP contribution is 2.25. The van der Waals surface area contributed by atoms with Gasteiger partial charge in [-0.15, -0.1) is 10.2 Å². The minimum atomic E-state index is -0.0429. The molecule has 0 unspecified atom stereocenters. The molecule has 0 fully saturated rings. The smallest absolute Gasteiger partial charge is 0.333 e. The van der Waals surface area contributed by atoms with Gasteiger partial charge in [0.1, 0.15) is 6.54 Å². The van der Waals surface area contributed by atoms with Crippen LogP contribution >= 0.6 is 0 Å². The van der Waals surface area contributed by atoms with Crippen LogP contribution in [0.15, 0.2) is 39.6 Å². The number of aromatic nitrogens is 4. The lowest BCUT2D eigenvalue weighted by Gasteiger charge is -2.13. The Hall–Kier alpha value is -2.63. The first kappa shape index (κ1) is 15.9. The zero-order valence-electron chi connectivity index (χ0n) is 14.6. The molecule has 0 atom stereocenters. The van der Waals surface area contributed by atoms with Crippen molar-refractivity contribution in [3.63, 3.8) is 0 Å². The van der Waals surface area contributed by atoms with Gasteiger partial charge in [0.05, 0.1) is 11.0 Å². The Labute approximate surface area is 145 Å². The van der Waals surface area contributed by atoms with Gasteiger partial charge in [-0.2, -0.15) is 0 Å². The van der Waals surface area contributed by atoms with Gasteiger partial charge < -0.3 is 4.42 Å². The van der Waals surface area contributed by atoms with Crippen LogP contribution in [0.25, 0.3) is 16.7 Å². The van der Waals surface area contributed by atoms with E-state index in [9.17, 15) is 4.79 Å². The molecule has 1 aliphatic rings. The second-order valence-electron chi connectivity index (χ2n) is 6.82. The van der Waals surface area contributed by atoms with Gasteiger partial charge in [0.15, 0.2) is 0 Å². The van der Waals surface area contributed by atoms with Gasteiger partial charge in [0, 0.05) is 11.6 Å². The zero-order chi connectivity index (χ0) is 17.4. The van der Waals surface area contributed by atoms with E-state index in [-0.39, 0.29) is 11.6 Å². The number of para-hydroxylation sites is 2. The summed E-state index contributed by atoms with van der Waals surface area (Å²) in [6, 6.07) is 7.88. The second kappa shape index (κ2) is 6.35.